The van der Waals surface area contributed by atoms with Crippen LogP contribution in [0.25, 0.3) is 0 Å². The maximum atomic E-state index is 5.39. The number of halogens is 1. The van der Waals surface area contributed by atoms with E-state index in [4.69, 9.17) is 9.47 Å². The molecule has 0 bridgehead atoms. The van der Waals surface area contributed by atoms with Crippen LogP contribution in [0.4, 0.5) is 0 Å². The maximum Gasteiger partial charge on any atom is 0.123 e. The number of hydrogen-bond acceptors (Lipinski definition) is 3. The summed E-state index contributed by atoms with van der Waals surface area (Å²) in [5, 5.41) is 3.53. The quantitative estimate of drug-likeness (QED) is 0.819. The summed E-state index contributed by atoms with van der Waals surface area (Å²) in [4.78, 5) is 0. The molecule has 1 aliphatic rings. The van der Waals surface area contributed by atoms with Gasteiger partial charge in [0.25, 0.3) is 0 Å². The van der Waals surface area contributed by atoms with Gasteiger partial charge in [-0.05, 0) is 43.5 Å². The number of methoxy groups -OCH3 is 1. The first-order valence-corrected chi connectivity index (χ1v) is 7.22. The van der Waals surface area contributed by atoms with Crippen LogP contribution in [0.5, 0.6) is 5.75 Å². The standard InChI is InChI=1S/C14H20BrNO2/c1-17-14-9-12(15)5-4-11(14)3-2-7-16-13-6-8-18-10-13/h4-5,9,13,16H,2-3,6-8,10H2,1H3/t13-/m0/s1. The van der Waals surface area contributed by atoms with Gasteiger partial charge in [-0.25, -0.2) is 0 Å². The molecule has 1 heterocycles. The first-order chi connectivity index (χ1) is 8.79. The van der Waals surface area contributed by atoms with Crippen LogP contribution in [0.1, 0.15) is 18.4 Å². The van der Waals surface area contributed by atoms with Gasteiger partial charge in [0.15, 0.2) is 0 Å². The van der Waals surface area contributed by atoms with E-state index >= 15 is 0 Å². The van der Waals surface area contributed by atoms with Gasteiger partial charge in [0, 0.05) is 17.1 Å². The summed E-state index contributed by atoms with van der Waals surface area (Å²) >= 11 is 3.46. The summed E-state index contributed by atoms with van der Waals surface area (Å²) in [6, 6.07) is 6.77. The van der Waals surface area contributed by atoms with E-state index < -0.39 is 0 Å². The molecule has 0 radical (unpaired) electrons. The molecule has 0 aliphatic carbocycles. The number of aryl methyl sites for hydroxylation is 1. The fourth-order valence-electron chi connectivity index (χ4n) is 2.21. The molecule has 1 atom stereocenters. The van der Waals surface area contributed by atoms with Crippen LogP contribution < -0.4 is 10.1 Å². The molecule has 1 aromatic rings. The summed E-state index contributed by atoms with van der Waals surface area (Å²) in [6.45, 7) is 2.80. The average Bonchev–Trinajstić information content (AvgIpc) is 2.89. The first kappa shape index (κ1) is 13.8. The van der Waals surface area contributed by atoms with Crippen LogP contribution in [0.3, 0.4) is 0 Å². The second-order valence-corrected chi connectivity index (χ2v) is 5.49. The summed E-state index contributed by atoms with van der Waals surface area (Å²) < 4.78 is 11.8. The van der Waals surface area contributed by atoms with Crippen molar-refractivity contribution in [2.75, 3.05) is 26.9 Å². The third kappa shape index (κ3) is 3.97. The topological polar surface area (TPSA) is 30.5 Å². The summed E-state index contributed by atoms with van der Waals surface area (Å²) in [5.74, 6) is 0.966. The van der Waals surface area contributed by atoms with Gasteiger partial charge in [-0.15, -0.1) is 0 Å². The van der Waals surface area contributed by atoms with Crippen molar-refractivity contribution in [2.45, 2.75) is 25.3 Å². The van der Waals surface area contributed by atoms with E-state index in [1.807, 2.05) is 6.07 Å². The number of rotatable bonds is 6. The smallest absolute Gasteiger partial charge is 0.123 e. The van der Waals surface area contributed by atoms with E-state index in [-0.39, 0.29) is 0 Å². The molecule has 1 saturated heterocycles. The van der Waals surface area contributed by atoms with Crippen molar-refractivity contribution in [3.63, 3.8) is 0 Å². The van der Waals surface area contributed by atoms with Crippen molar-refractivity contribution in [3.05, 3.63) is 28.2 Å². The molecule has 1 aromatic carbocycles. The zero-order chi connectivity index (χ0) is 12.8. The highest BCUT2D eigenvalue weighted by molar-refractivity contribution is 9.10. The minimum absolute atomic E-state index is 0.553. The Hall–Kier alpha value is -0.580. The second-order valence-electron chi connectivity index (χ2n) is 4.57. The lowest BCUT2D eigenvalue weighted by atomic mass is 10.1. The Balaban J connectivity index is 1.75. The van der Waals surface area contributed by atoms with Crippen LogP contribution in [-0.4, -0.2) is 32.9 Å². The lowest BCUT2D eigenvalue weighted by Gasteiger charge is -2.12. The van der Waals surface area contributed by atoms with Gasteiger partial charge in [-0.2, -0.15) is 0 Å². The Kier molecular flexibility index (Phi) is 5.47. The summed E-state index contributed by atoms with van der Waals surface area (Å²) in [6.07, 6.45) is 3.30. The van der Waals surface area contributed by atoms with E-state index in [2.05, 4.69) is 33.4 Å². The molecular formula is C14H20BrNO2. The molecule has 18 heavy (non-hydrogen) atoms. The van der Waals surface area contributed by atoms with Gasteiger partial charge in [-0.3, -0.25) is 0 Å². The van der Waals surface area contributed by atoms with Crippen LogP contribution >= 0.6 is 15.9 Å². The van der Waals surface area contributed by atoms with E-state index in [1.165, 1.54) is 5.56 Å². The number of nitrogens with one attached hydrogen (secondary N) is 1. The average molecular weight is 314 g/mol. The predicted octanol–water partition coefficient (Wildman–Crippen LogP) is 2.77. The monoisotopic (exact) mass is 313 g/mol. The molecule has 100 valence electrons. The molecule has 0 saturated carbocycles. The lowest BCUT2D eigenvalue weighted by molar-refractivity contribution is 0.190. The zero-order valence-corrected chi connectivity index (χ0v) is 12.3. The maximum absolute atomic E-state index is 5.39. The highest BCUT2D eigenvalue weighted by Crippen LogP contribution is 2.24. The normalized spacial score (nSPS) is 19.1. The zero-order valence-electron chi connectivity index (χ0n) is 10.7. The second kappa shape index (κ2) is 7.12. The van der Waals surface area contributed by atoms with E-state index in [0.717, 1.165) is 49.2 Å². The van der Waals surface area contributed by atoms with Crippen molar-refractivity contribution in [3.8, 4) is 5.75 Å². The lowest BCUT2D eigenvalue weighted by Crippen LogP contribution is -2.30. The first-order valence-electron chi connectivity index (χ1n) is 6.43. The van der Waals surface area contributed by atoms with Crippen LogP contribution in [0.2, 0.25) is 0 Å². The Morgan fingerprint density at radius 2 is 2.39 bits per heavy atom. The van der Waals surface area contributed by atoms with Crippen molar-refractivity contribution in [1.29, 1.82) is 0 Å². The molecule has 0 spiro atoms. The molecule has 0 unspecified atom stereocenters. The van der Waals surface area contributed by atoms with Crippen LogP contribution in [0, 0.1) is 0 Å². The van der Waals surface area contributed by atoms with Gasteiger partial charge in [-0.1, -0.05) is 22.0 Å². The van der Waals surface area contributed by atoms with E-state index in [0.29, 0.717) is 6.04 Å². The molecule has 1 fully saturated rings. The fraction of sp³-hybridized carbons (Fsp3) is 0.571. The van der Waals surface area contributed by atoms with Crippen LogP contribution in [0.15, 0.2) is 22.7 Å². The van der Waals surface area contributed by atoms with Gasteiger partial charge >= 0.3 is 0 Å². The molecular weight excluding hydrogens is 294 g/mol. The van der Waals surface area contributed by atoms with E-state index in [1.54, 1.807) is 7.11 Å². The predicted molar refractivity (Wildman–Crippen MR) is 76.2 cm³/mol. The Bertz CT molecular complexity index is 378. The SMILES string of the molecule is COc1cc(Br)ccc1CCCN[C@H]1CCOC1. The van der Waals surface area contributed by atoms with Crippen LogP contribution in [-0.2, 0) is 11.2 Å². The van der Waals surface area contributed by atoms with Gasteiger partial charge in [0.1, 0.15) is 5.75 Å². The van der Waals surface area contributed by atoms with E-state index in [9.17, 15) is 0 Å². The van der Waals surface area contributed by atoms with Crippen molar-refractivity contribution < 1.29 is 9.47 Å². The molecule has 1 N–H and O–H groups in total. The Morgan fingerprint density at radius 1 is 1.50 bits per heavy atom. The van der Waals surface area contributed by atoms with Gasteiger partial charge < -0.3 is 14.8 Å². The van der Waals surface area contributed by atoms with Crippen molar-refractivity contribution in [1.82, 2.24) is 5.32 Å². The number of benzene rings is 1. The molecule has 4 heteroatoms. The molecule has 0 aromatic heterocycles. The van der Waals surface area contributed by atoms with Gasteiger partial charge in [0.2, 0.25) is 0 Å². The van der Waals surface area contributed by atoms with Gasteiger partial charge in [0.05, 0.1) is 13.7 Å². The molecule has 0 amide bonds. The number of hydrogen-bond donors (Lipinski definition) is 1. The third-order valence-electron chi connectivity index (χ3n) is 3.23. The summed E-state index contributed by atoms with van der Waals surface area (Å²) in [7, 11) is 1.72. The largest absolute Gasteiger partial charge is 0.496 e. The molecule has 3 nitrogen and oxygen atoms in total. The molecule has 2 rings (SSSR count). The minimum Gasteiger partial charge on any atom is -0.496 e. The highest BCUT2D eigenvalue weighted by Gasteiger charge is 2.14. The van der Waals surface area contributed by atoms with Crippen molar-refractivity contribution >= 4 is 15.9 Å². The molecule has 1 aliphatic heterocycles. The third-order valence-corrected chi connectivity index (χ3v) is 3.73. The number of ether oxygens (including phenoxy) is 2. The minimum atomic E-state index is 0.553. The fourth-order valence-corrected chi connectivity index (χ4v) is 2.55. The summed E-state index contributed by atoms with van der Waals surface area (Å²) in [5.41, 5.74) is 1.27. The Morgan fingerprint density at radius 3 is 3.11 bits per heavy atom. The highest BCUT2D eigenvalue weighted by atomic mass is 79.9. The Labute approximate surface area is 117 Å². The van der Waals surface area contributed by atoms with Crippen molar-refractivity contribution in [2.24, 2.45) is 0 Å².